The van der Waals surface area contributed by atoms with Crippen LogP contribution in [0.1, 0.15) is 43.6 Å². The number of likely N-dealkylation sites (N-methyl/N-ethyl adjacent to an activating group) is 1. The van der Waals surface area contributed by atoms with E-state index in [-0.39, 0.29) is 23.0 Å². The number of fused-ring (bicyclic) bond motifs is 1. The van der Waals surface area contributed by atoms with Gasteiger partial charge in [0.05, 0.1) is 18.3 Å². The Morgan fingerprint density at radius 1 is 1.29 bits per heavy atom. The summed E-state index contributed by atoms with van der Waals surface area (Å²) in [7, 11) is 1.65. The molecule has 2 unspecified atom stereocenters. The van der Waals surface area contributed by atoms with Crippen LogP contribution in [-0.2, 0) is 4.79 Å². The van der Waals surface area contributed by atoms with Crippen molar-refractivity contribution in [2.75, 3.05) is 18.6 Å². The van der Waals surface area contributed by atoms with Gasteiger partial charge >= 0.3 is 0 Å². The minimum Gasteiger partial charge on any atom is -0.488 e. The van der Waals surface area contributed by atoms with Crippen LogP contribution < -0.4 is 19.9 Å². The maximum absolute atomic E-state index is 13.0. The van der Waals surface area contributed by atoms with Crippen LogP contribution in [0, 0.1) is 0 Å². The van der Waals surface area contributed by atoms with E-state index in [4.69, 9.17) is 9.47 Å². The molecule has 2 aromatic rings. The molecule has 2 atom stereocenters. The molecule has 1 aromatic carbocycles. The van der Waals surface area contributed by atoms with Crippen molar-refractivity contribution in [1.29, 1.82) is 0 Å². The monoisotopic (exact) mass is 384 g/mol. The van der Waals surface area contributed by atoms with Gasteiger partial charge in [0.2, 0.25) is 0 Å². The molecule has 0 spiro atoms. The lowest BCUT2D eigenvalue weighted by Gasteiger charge is -2.30. The fourth-order valence-corrected chi connectivity index (χ4v) is 3.15. The minimum absolute atomic E-state index is 0.179. The summed E-state index contributed by atoms with van der Waals surface area (Å²) in [6.07, 6.45) is 1.79. The maximum Gasteiger partial charge on any atom is 0.293 e. The molecule has 0 aliphatic carbocycles. The molecular weight excluding hydrogens is 360 g/mol. The third kappa shape index (κ3) is 3.52. The van der Waals surface area contributed by atoms with Gasteiger partial charge in [0.1, 0.15) is 5.75 Å². The Labute approximate surface area is 163 Å². The summed E-state index contributed by atoms with van der Waals surface area (Å²) in [6, 6.07) is 7.52. The van der Waals surface area contributed by atoms with E-state index >= 15 is 0 Å². The van der Waals surface area contributed by atoms with E-state index < -0.39 is 12.1 Å². The van der Waals surface area contributed by atoms with Gasteiger partial charge in [-0.1, -0.05) is 6.92 Å². The first-order valence-electron chi connectivity index (χ1n) is 9.31. The second-order valence-electron chi connectivity index (χ2n) is 6.81. The fraction of sp³-hybridized carbons (Fsp3) is 0.381. The van der Waals surface area contributed by atoms with Crippen molar-refractivity contribution in [1.82, 2.24) is 4.57 Å². The zero-order chi connectivity index (χ0) is 20.4. The standard InChI is InChI=1S/C21H24N2O5/c1-5-11-27-18-7-6-10-23(21(18)26)13(2)19(24)15-8-9-17-16(12-15)22(4)20(25)14(3)28-17/h6-10,12-14H,5,11H2,1-4H3. The highest BCUT2D eigenvalue weighted by Crippen LogP contribution is 2.34. The van der Waals surface area contributed by atoms with E-state index in [1.807, 2.05) is 6.92 Å². The van der Waals surface area contributed by atoms with Crippen molar-refractivity contribution in [3.63, 3.8) is 0 Å². The number of Topliss-reactive ketones (excluding diaryl/α,β-unsaturated/α-hetero) is 1. The minimum atomic E-state index is -0.722. The molecule has 0 saturated carbocycles. The van der Waals surface area contributed by atoms with Gasteiger partial charge in [0.15, 0.2) is 17.6 Å². The Bertz CT molecular complexity index is 966. The Balaban J connectivity index is 1.91. The smallest absolute Gasteiger partial charge is 0.293 e. The summed E-state index contributed by atoms with van der Waals surface area (Å²) in [4.78, 5) is 39.3. The number of carbonyl (C=O) groups is 2. The molecular formula is C21H24N2O5. The second kappa shape index (κ2) is 7.88. The molecule has 0 fully saturated rings. The van der Waals surface area contributed by atoms with Gasteiger partial charge in [-0.2, -0.15) is 0 Å². The largest absolute Gasteiger partial charge is 0.488 e. The van der Waals surface area contributed by atoms with Gasteiger partial charge in [-0.3, -0.25) is 14.4 Å². The lowest BCUT2D eigenvalue weighted by Crippen LogP contribution is -2.42. The summed E-state index contributed by atoms with van der Waals surface area (Å²) in [6.45, 7) is 5.74. The molecule has 7 heteroatoms. The molecule has 1 aliphatic rings. The Morgan fingerprint density at radius 2 is 2.04 bits per heavy atom. The van der Waals surface area contributed by atoms with Crippen molar-refractivity contribution in [3.05, 3.63) is 52.4 Å². The molecule has 2 heterocycles. The number of ketones is 1. The number of carbonyl (C=O) groups excluding carboxylic acids is 2. The van der Waals surface area contributed by atoms with Crippen LogP contribution in [-0.4, -0.2) is 36.0 Å². The average molecular weight is 384 g/mol. The molecule has 148 valence electrons. The SMILES string of the molecule is CCCOc1cccn(C(C)C(=O)c2ccc3c(c2)N(C)C(=O)C(C)O3)c1=O. The van der Waals surface area contributed by atoms with Gasteiger partial charge in [0, 0.05) is 18.8 Å². The van der Waals surface area contributed by atoms with Gasteiger partial charge in [-0.05, 0) is 50.6 Å². The lowest BCUT2D eigenvalue weighted by molar-refractivity contribution is -0.125. The third-order valence-electron chi connectivity index (χ3n) is 4.78. The molecule has 0 radical (unpaired) electrons. The maximum atomic E-state index is 13.0. The number of benzene rings is 1. The Morgan fingerprint density at radius 3 is 2.75 bits per heavy atom. The number of nitrogens with zero attached hydrogens (tertiary/aromatic N) is 2. The van der Waals surface area contributed by atoms with Crippen molar-refractivity contribution in [2.45, 2.75) is 39.3 Å². The van der Waals surface area contributed by atoms with E-state index in [1.54, 1.807) is 57.4 Å². The highest BCUT2D eigenvalue weighted by atomic mass is 16.5. The van der Waals surface area contributed by atoms with Crippen LogP contribution in [0.15, 0.2) is 41.3 Å². The van der Waals surface area contributed by atoms with E-state index in [1.165, 1.54) is 9.47 Å². The Kier molecular flexibility index (Phi) is 5.53. The summed E-state index contributed by atoms with van der Waals surface area (Å²) in [5.41, 5.74) is 0.587. The molecule has 7 nitrogen and oxygen atoms in total. The zero-order valence-corrected chi connectivity index (χ0v) is 16.5. The zero-order valence-electron chi connectivity index (χ0n) is 16.5. The van der Waals surface area contributed by atoms with Crippen LogP contribution in [0.2, 0.25) is 0 Å². The first-order chi connectivity index (χ1) is 13.3. The average Bonchev–Trinajstić information content (AvgIpc) is 2.70. The van der Waals surface area contributed by atoms with Crippen LogP contribution >= 0.6 is 0 Å². The van der Waals surface area contributed by atoms with E-state index in [2.05, 4.69) is 0 Å². The lowest BCUT2D eigenvalue weighted by atomic mass is 10.0. The van der Waals surface area contributed by atoms with Crippen molar-refractivity contribution < 1.29 is 19.1 Å². The number of hydrogen-bond acceptors (Lipinski definition) is 5. The molecule has 3 rings (SSSR count). The number of ether oxygens (including phenoxy) is 2. The van der Waals surface area contributed by atoms with Crippen molar-refractivity contribution >= 4 is 17.4 Å². The van der Waals surface area contributed by atoms with E-state index in [9.17, 15) is 14.4 Å². The topological polar surface area (TPSA) is 77.8 Å². The molecule has 1 amide bonds. The van der Waals surface area contributed by atoms with Gasteiger partial charge in [-0.25, -0.2) is 0 Å². The number of rotatable bonds is 6. The summed E-state index contributed by atoms with van der Waals surface area (Å²) in [5.74, 6) is 0.354. The quantitative estimate of drug-likeness (QED) is 0.716. The number of amides is 1. The van der Waals surface area contributed by atoms with Crippen LogP contribution in [0.4, 0.5) is 5.69 Å². The normalized spacial score (nSPS) is 16.9. The first-order valence-corrected chi connectivity index (χ1v) is 9.31. The summed E-state index contributed by atoms with van der Waals surface area (Å²) < 4.78 is 12.4. The molecule has 0 N–H and O–H groups in total. The van der Waals surface area contributed by atoms with Crippen molar-refractivity contribution in [3.8, 4) is 11.5 Å². The predicted octanol–water partition coefficient (Wildman–Crippen LogP) is 2.82. The van der Waals surface area contributed by atoms with Crippen LogP contribution in [0.25, 0.3) is 0 Å². The highest BCUT2D eigenvalue weighted by Gasteiger charge is 2.30. The molecule has 0 bridgehead atoms. The number of pyridine rings is 1. The molecule has 0 saturated heterocycles. The molecule has 1 aromatic heterocycles. The molecule has 28 heavy (non-hydrogen) atoms. The van der Waals surface area contributed by atoms with Gasteiger partial charge in [-0.15, -0.1) is 0 Å². The van der Waals surface area contributed by atoms with Gasteiger partial charge in [0.25, 0.3) is 11.5 Å². The first kappa shape index (κ1) is 19.7. The number of anilines is 1. The van der Waals surface area contributed by atoms with E-state index in [0.29, 0.717) is 23.6 Å². The Hall–Kier alpha value is -3.09. The van der Waals surface area contributed by atoms with Crippen molar-refractivity contribution in [2.24, 2.45) is 0 Å². The van der Waals surface area contributed by atoms with E-state index in [0.717, 1.165) is 6.42 Å². The predicted molar refractivity (Wildman–Crippen MR) is 105 cm³/mol. The summed E-state index contributed by atoms with van der Waals surface area (Å²) >= 11 is 0. The number of aromatic nitrogens is 1. The van der Waals surface area contributed by atoms with Gasteiger partial charge < -0.3 is 18.9 Å². The summed E-state index contributed by atoms with van der Waals surface area (Å²) in [5, 5.41) is 0. The molecule has 1 aliphatic heterocycles. The van der Waals surface area contributed by atoms with Crippen LogP contribution in [0.3, 0.4) is 0 Å². The third-order valence-corrected chi connectivity index (χ3v) is 4.78. The fourth-order valence-electron chi connectivity index (χ4n) is 3.15. The highest BCUT2D eigenvalue weighted by molar-refractivity contribution is 6.03. The number of hydrogen-bond donors (Lipinski definition) is 0. The second-order valence-corrected chi connectivity index (χ2v) is 6.81. The van der Waals surface area contributed by atoms with Crippen LogP contribution in [0.5, 0.6) is 11.5 Å².